The Balaban J connectivity index is 2.33. The predicted octanol–water partition coefficient (Wildman–Crippen LogP) is 2.41. The fourth-order valence-electron chi connectivity index (χ4n) is 3.36. The van der Waals surface area contributed by atoms with Crippen LogP contribution in [-0.4, -0.2) is 21.7 Å². The summed E-state index contributed by atoms with van der Waals surface area (Å²) in [6.45, 7) is 5.34. The molecule has 0 aliphatic carbocycles. The third-order valence-corrected chi connectivity index (χ3v) is 5.27. The summed E-state index contributed by atoms with van der Waals surface area (Å²) in [5.41, 5.74) is 1.01. The first kappa shape index (κ1) is 19.9. The highest BCUT2D eigenvalue weighted by atomic mass is 79.9. The number of fused-ring (bicyclic) bond motifs is 1. The molecular weight excluding hydrogens is 426 g/mol. The fourth-order valence-corrected chi connectivity index (χ4v) is 3.62. The van der Waals surface area contributed by atoms with Crippen LogP contribution in [0, 0.1) is 0 Å². The first-order chi connectivity index (χ1) is 13.3. The summed E-state index contributed by atoms with van der Waals surface area (Å²) >= 11 is 3.40. The molecule has 146 valence electrons. The molecule has 0 amide bonds. The predicted molar refractivity (Wildman–Crippen MR) is 110 cm³/mol. The van der Waals surface area contributed by atoms with Gasteiger partial charge < -0.3 is 10.1 Å². The van der Waals surface area contributed by atoms with E-state index in [2.05, 4.69) is 27.8 Å². The van der Waals surface area contributed by atoms with Gasteiger partial charge in [0, 0.05) is 24.3 Å². The Hall–Kier alpha value is -2.87. The van der Waals surface area contributed by atoms with E-state index >= 15 is 0 Å². The molecule has 0 fully saturated rings. The third-order valence-electron chi connectivity index (χ3n) is 4.74. The third kappa shape index (κ3) is 3.24. The molecule has 1 aromatic carbocycles. The van der Waals surface area contributed by atoms with E-state index in [9.17, 15) is 14.4 Å². The molecule has 2 aromatic rings. The summed E-state index contributed by atoms with van der Waals surface area (Å²) in [5.74, 6) is -0.842. The second kappa shape index (κ2) is 7.63. The van der Waals surface area contributed by atoms with Crippen molar-refractivity contribution in [3.8, 4) is 0 Å². The van der Waals surface area contributed by atoms with E-state index in [1.807, 2.05) is 24.3 Å². The normalized spacial score (nSPS) is 15.6. The Labute approximate surface area is 170 Å². The fraction of sp³-hybridized carbons (Fsp3) is 0.250. The smallest absolute Gasteiger partial charge is 0.337 e. The number of hydrogen-bond acceptors (Lipinski definition) is 5. The molecule has 1 N–H and O–H groups in total. The molecule has 0 unspecified atom stereocenters. The van der Waals surface area contributed by atoms with Gasteiger partial charge in [0.25, 0.3) is 5.56 Å². The topological polar surface area (TPSA) is 82.3 Å². The average Bonchev–Trinajstić information content (AvgIpc) is 2.68. The van der Waals surface area contributed by atoms with Crippen LogP contribution in [0.3, 0.4) is 0 Å². The lowest BCUT2D eigenvalue weighted by Gasteiger charge is -2.30. The van der Waals surface area contributed by atoms with Crippen LogP contribution in [0.15, 0.2) is 62.3 Å². The molecule has 3 rings (SSSR count). The molecule has 1 aliphatic heterocycles. The zero-order valence-electron chi connectivity index (χ0n) is 15.8. The number of nitrogens with zero attached hydrogens (tertiary/aromatic N) is 2. The number of hydrogen-bond donors (Lipinski definition) is 1. The zero-order valence-corrected chi connectivity index (χ0v) is 17.4. The molecular formula is C20H20BrN3O4. The van der Waals surface area contributed by atoms with Crippen molar-refractivity contribution in [1.82, 2.24) is 9.13 Å². The number of aromatic nitrogens is 2. The van der Waals surface area contributed by atoms with Crippen molar-refractivity contribution >= 4 is 27.7 Å². The van der Waals surface area contributed by atoms with Crippen molar-refractivity contribution in [2.24, 2.45) is 14.1 Å². The lowest BCUT2D eigenvalue weighted by atomic mass is 9.82. The second-order valence-corrected chi connectivity index (χ2v) is 7.42. The van der Waals surface area contributed by atoms with Crippen LogP contribution >= 0.6 is 15.9 Å². The monoisotopic (exact) mass is 445 g/mol. The molecule has 8 heteroatoms. The van der Waals surface area contributed by atoms with Crippen molar-refractivity contribution in [2.75, 3.05) is 11.9 Å². The maximum Gasteiger partial charge on any atom is 0.337 e. The lowest BCUT2D eigenvalue weighted by molar-refractivity contribution is -0.138. The summed E-state index contributed by atoms with van der Waals surface area (Å²) in [5, 5.41) is 3.05. The molecule has 1 aromatic heterocycles. The number of carbonyl (C=O) groups is 1. The quantitative estimate of drug-likeness (QED) is 0.576. The summed E-state index contributed by atoms with van der Waals surface area (Å²) in [6, 6.07) is 7.35. The van der Waals surface area contributed by atoms with E-state index in [1.165, 1.54) is 17.7 Å². The van der Waals surface area contributed by atoms with Crippen LogP contribution < -0.4 is 16.6 Å². The molecule has 0 spiro atoms. The first-order valence-corrected chi connectivity index (χ1v) is 9.38. The van der Waals surface area contributed by atoms with Gasteiger partial charge in [-0.2, -0.15) is 0 Å². The minimum atomic E-state index is -0.674. The van der Waals surface area contributed by atoms with Crippen molar-refractivity contribution in [3.63, 3.8) is 0 Å². The van der Waals surface area contributed by atoms with Crippen LogP contribution in [0.4, 0.5) is 5.82 Å². The standard InChI is InChI=1S/C20H20BrN3O4/c1-5-10-28-19(26)14-11(2)22-17-16(18(25)24(4)20(27)23(17)3)15(14)12-6-8-13(21)9-7-12/h5-9,15,22H,1,10H2,2-4H3/t15-/m0/s1. The van der Waals surface area contributed by atoms with Gasteiger partial charge >= 0.3 is 11.7 Å². The van der Waals surface area contributed by atoms with Crippen molar-refractivity contribution in [3.05, 3.63) is 84.6 Å². The van der Waals surface area contributed by atoms with Crippen molar-refractivity contribution in [1.29, 1.82) is 0 Å². The van der Waals surface area contributed by atoms with Gasteiger partial charge in [-0.1, -0.05) is 40.7 Å². The minimum absolute atomic E-state index is 0.0564. The highest BCUT2D eigenvalue weighted by molar-refractivity contribution is 9.10. The summed E-state index contributed by atoms with van der Waals surface area (Å²) in [7, 11) is 3.00. The number of rotatable bonds is 4. The van der Waals surface area contributed by atoms with Crippen LogP contribution in [0.1, 0.15) is 24.0 Å². The summed E-state index contributed by atoms with van der Waals surface area (Å²) in [6.07, 6.45) is 1.48. The number of nitrogens with one attached hydrogen (secondary N) is 1. The minimum Gasteiger partial charge on any atom is -0.458 e. The molecule has 1 atom stereocenters. The van der Waals surface area contributed by atoms with E-state index in [0.29, 0.717) is 22.7 Å². The molecule has 0 saturated carbocycles. The molecule has 0 saturated heterocycles. The zero-order chi connectivity index (χ0) is 20.6. The highest BCUT2D eigenvalue weighted by Crippen LogP contribution is 2.40. The van der Waals surface area contributed by atoms with Crippen molar-refractivity contribution in [2.45, 2.75) is 12.8 Å². The van der Waals surface area contributed by atoms with Gasteiger partial charge in [0.2, 0.25) is 0 Å². The number of halogens is 1. The number of esters is 1. The van der Waals surface area contributed by atoms with Crippen LogP contribution in [0.25, 0.3) is 0 Å². The van der Waals surface area contributed by atoms with E-state index in [-0.39, 0.29) is 6.61 Å². The maximum atomic E-state index is 13.0. The summed E-state index contributed by atoms with van der Waals surface area (Å²) in [4.78, 5) is 38.2. The Morgan fingerprint density at radius 1 is 1.25 bits per heavy atom. The molecule has 1 aliphatic rings. The molecule has 2 heterocycles. The highest BCUT2D eigenvalue weighted by Gasteiger charge is 2.37. The van der Waals surface area contributed by atoms with Crippen molar-refractivity contribution < 1.29 is 9.53 Å². The van der Waals surface area contributed by atoms with Gasteiger partial charge in [0.15, 0.2) is 0 Å². The van der Waals surface area contributed by atoms with Crippen LogP contribution in [-0.2, 0) is 23.6 Å². The Morgan fingerprint density at radius 3 is 2.50 bits per heavy atom. The van der Waals surface area contributed by atoms with Gasteiger partial charge in [0.1, 0.15) is 12.4 Å². The molecule has 7 nitrogen and oxygen atoms in total. The lowest BCUT2D eigenvalue weighted by Crippen LogP contribution is -2.43. The summed E-state index contributed by atoms with van der Waals surface area (Å²) < 4.78 is 8.56. The Kier molecular flexibility index (Phi) is 5.42. The number of benzene rings is 1. The number of allylic oxidation sites excluding steroid dienone is 1. The van der Waals surface area contributed by atoms with Gasteiger partial charge in [-0.15, -0.1) is 0 Å². The van der Waals surface area contributed by atoms with Crippen LogP contribution in [0.5, 0.6) is 0 Å². The SMILES string of the molecule is C=CCOC(=O)C1=C(C)Nc2c(c(=O)n(C)c(=O)n2C)[C@H]1c1ccc(Br)cc1. The van der Waals surface area contributed by atoms with Gasteiger partial charge in [0.05, 0.1) is 17.1 Å². The number of ether oxygens (including phenoxy) is 1. The Morgan fingerprint density at radius 2 is 1.89 bits per heavy atom. The van der Waals surface area contributed by atoms with Crippen LogP contribution in [0.2, 0.25) is 0 Å². The van der Waals surface area contributed by atoms with E-state index in [0.717, 1.165) is 14.6 Å². The van der Waals surface area contributed by atoms with Gasteiger partial charge in [-0.05, 0) is 24.6 Å². The Bertz CT molecular complexity index is 1110. The van der Waals surface area contributed by atoms with E-state index in [4.69, 9.17) is 4.74 Å². The number of anilines is 1. The van der Waals surface area contributed by atoms with Gasteiger partial charge in [-0.25, -0.2) is 9.59 Å². The van der Waals surface area contributed by atoms with Gasteiger partial charge in [-0.3, -0.25) is 13.9 Å². The molecule has 28 heavy (non-hydrogen) atoms. The largest absolute Gasteiger partial charge is 0.458 e. The molecule has 0 radical (unpaired) electrons. The second-order valence-electron chi connectivity index (χ2n) is 6.50. The van der Waals surface area contributed by atoms with E-state index in [1.54, 1.807) is 14.0 Å². The average molecular weight is 446 g/mol. The number of carbonyl (C=O) groups excluding carboxylic acids is 1. The van der Waals surface area contributed by atoms with E-state index < -0.39 is 23.1 Å². The maximum absolute atomic E-state index is 13.0. The molecule has 0 bridgehead atoms. The first-order valence-electron chi connectivity index (χ1n) is 8.59.